The predicted molar refractivity (Wildman–Crippen MR) is 109 cm³/mol. The molecular weight excluding hydrogens is 429 g/mol. The number of benzene rings is 2. The van der Waals surface area contributed by atoms with Crippen molar-refractivity contribution < 1.29 is 32.6 Å². The van der Waals surface area contributed by atoms with Crippen LogP contribution in [0.4, 0.5) is 18.9 Å². The van der Waals surface area contributed by atoms with Gasteiger partial charge in [-0.15, -0.1) is 0 Å². The van der Waals surface area contributed by atoms with E-state index in [2.05, 4.69) is 10.3 Å². The van der Waals surface area contributed by atoms with E-state index in [1.807, 2.05) is 0 Å². The molecule has 32 heavy (non-hydrogen) atoms. The lowest BCUT2D eigenvalue weighted by molar-refractivity contribution is -0.137. The minimum atomic E-state index is -4.51. The summed E-state index contributed by atoms with van der Waals surface area (Å²) in [7, 11) is 0. The van der Waals surface area contributed by atoms with Crippen molar-refractivity contribution >= 4 is 17.6 Å². The van der Waals surface area contributed by atoms with E-state index < -0.39 is 34.8 Å². The van der Waals surface area contributed by atoms with E-state index in [1.54, 1.807) is 13.8 Å². The van der Waals surface area contributed by atoms with E-state index >= 15 is 0 Å². The van der Waals surface area contributed by atoms with E-state index in [9.17, 15) is 32.7 Å². The summed E-state index contributed by atoms with van der Waals surface area (Å²) in [5, 5.41) is 12.3. The summed E-state index contributed by atoms with van der Waals surface area (Å²) < 4.78 is 43.4. The molecule has 3 N–H and O–H groups in total. The van der Waals surface area contributed by atoms with E-state index in [0.717, 1.165) is 30.3 Å². The summed E-state index contributed by atoms with van der Waals surface area (Å²) in [6, 6.07) is 7.70. The van der Waals surface area contributed by atoms with E-state index in [-0.39, 0.29) is 17.0 Å². The average molecular weight is 446 g/mol. The van der Waals surface area contributed by atoms with Crippen molar-refractivity contribution in [3.05, 3.63) is 86.8 Å². The number of pyridine rings is 1. The second-order valence-corrected chi connectivity index (χ2v) is 6.92. The van der Waals surface area contributed by atoms with Gasteiger partial charge >= 0.3 is 12.1 Å². The molecule has 0 aliphatic rings. The lowest BCUT2D eigenvalue weighted by Gasteiger charge is -2.14. The molecule has 1 aromatic heterocycles. The fourth-order valence-corrected chi connectivity index (χ4v) is 2.97. The van der Waals surface area contributed by atoms with Gasteiger partial charge in [-0.25, -0.2) is 4.79 Å². The van der Waals surface area contributed by atoms with Crippen molar-refractivity contribution in [3.8, 4) is 11.5 Å². The molecule has 1 amide bonds. The van der Waals surface area contributed by atoms with Crippen molar-refractivity contribution in [2.45, 2.75) is 20.0 Å². The zero-order valence-corrected chi connectivity index (χ0v) is 16.8. The van der Waals surface area contributed by atoms with Gasteiger partial charge in [-0.3, -0.25) is 9.59 Å². The minimum Gasteiger partial charge on any atom is -0.503 e. The number of H-pyrrole nitrogens is 1. The molecule has 166 valence electrons. The summed E-state index contributed by atoms with van der Waals surface area (Å²) in [5.41, 5.74) is -0.733. The molecule has 0 saturated heterocycles. The first-order valence-corrected chi connectivity index (χ1v) is 9.20. The van der Waals surface area contributed by atoms with Gasteiger partial charge in [-0.1, -0.05) is 0 Å². The highest BCUT2D eigenvalue weighted by molar-refractivity contribution is 6.04. The number of aromatic hydroxyl groups is 1. The molecule has 0 radical (unpaired) electrons. The molecule has 1 heterocycles. The number of hydrogen-bond acceptors (Lipinski definition) is 5. The van der Waals surface area contributed by atoms with Gasteiger partial charge in [-0.05, 0) is 61.4 Å². The van der Waals surface area contributed by atoms with Crippen LogP contribution in [-0.4, -0.2) is 22.0 Å². The monoisotopic (exact) mass is 446 g/mol. The molecule has 0 bridgehead atoms. The van der Waals surface area contributed by atoms with Gasteiger partial charge in [0.1, 0.15) is 5.75 Å². The number of alkyl halides is 3. The Hall–Kier alpha value is -4.08. The van der Waals surface area contributed by atoms with E-state index in [1.165, 1.54) is 18.3 Å². The standard InChI is InChI=1S/C22H17F3N2O5/c1-11-9-15(27-20(30)17-18(29)16(28)7-8-26-17)10-12(2)19(11)32-21(31)13-3-5-14(6-4-13)22(23,24)25/h3-10,29H,1-2H3,(H,26,28)(H,27,30). The number of rotatable bonds is 4. The van der Waals surface area contributed by atoms with Crippen molar-refractivity contribution in [2.24, 2.45) is 0 Å². The maximum Gasteiger partial charge on any atom is 0.416 e. The van der Waals surface area contributed by atoms with Gasteiger partial charge < -0.3 is 20.1 Å². The molecular formula is C22H17F3N2O5. The molecule has 0 aliphatic carbocycles. The van der Waals surface area contributed by atoms with Crippen molar-refractivity contribution in [1.82, 2.24) is 4.98 Å². The summed E-state index contributed by atoms with van der Waals surface area (Å²) in [4.78, 5) is 38.7. The molecule has 2 aromatic carbocycles. The molecule has 0 atom stereocenters. The summed E-state index contributed by atoms with van der Waals surface area (Å²) in [6.07, 6.45) is -3.29. The van der Waals surface area contributed by atoms with E-state index in [0.29, 0.717) is 16.8 Å². The molecule has 7 nitrogen and oxygen atoms in total. The van der Waals surface area contributed by atoms with Crippen LogP contribution in [0, 0.1) is 13.8 Å². The maximum absolute atomic E-state index is 12.7. The molecule has 0 spiro atoms. The topological polar surface area (TPSA) is 108 Å². The molecule has 0 aliphatic heterocycles. The minimum absolute atomic E-state index is 0.0577. The van der Waals surface area contributed by atoms with Crippen LogP contribution in [0.3, 0.4) is 0 Å². The highest BCUT2D eigenvalue weighted by Crippen LogP contribution is 2.31. The highest BCUT2D eigenvalue weighted by atomic mass is 19.4. The lowest BCUT2D eigenvalue weighted by Crippen LogP contribution is -2.17. The Morgan fingerprint density at radius 2 is 1.62 bits per heavy atom. The average Bonchev–Trinajstić information content (AvgIpc) is 2.72. The fourth-order valence-electron chi connectivity index (χ4n) is 2.97. The Bertz CT molecular complexity index is 1220. The van der Waals surface area contributed by atoms with Crippen molar-refractivity contribution in [3.63, 3.8) is 0 Å². The first-order chi connectivity index (χ1) is 15.0. The zero-order chi connectivity index (χ0) is 23.6. The lowest BCUT2D eigenvalue weighted by atomic mass is 10.1. The van der Waals surface area contributed by atoms with Crippen LogP contribution in [0.15, 0.2) is 53.5 Å². The van der Waals surface area contributed by atoms with Crippen LogP contribution in [0.1, 0.15) is 37.5 Å². The normalized spacial score (nSPS) is 11.2. The van der Waals surface area contributed by atoms with Crippen LogP contribution in [0.5, 0.6) is 11.5 Å². The molecule has 0 unspecified atom stereocenters. The zero-order valence-electron chi connectivity index (χ0n) is 16.8. The second kappa shape index (κ2) is 8.58. The van der Waals surface area contributed by atoms with Gasteiger partial charge in [-0.2, -0.15) is 13.2 Å². The number of carbonyl (C=O) groups is 2. The molecule has 0 saturated carbocycles. The Morgan fingerprint density at radius 1 is 1.03 bits per heavy atom. The number of aromatic nitrogens is 1. The molecule has 10 heteroatoms. The Morgan fingerprint density at radius 3 is 2.19 bits per heavy atom. The third-order valence-corrected chi connectivity index (χ3v) is 4.52. The predicted octanol–water partition coefficient (Wildman–Crippen LogP) is 4.19. The van der Waals surface area contributed by atoms with Crippen LogP contribution in [-0.2, 0) is 6.18 Å². The third-order valence-electron chi connectivity index (χ3n) is 4.52. The molecule has 3 aromatic rings. The number of halogens is 3. The number of carbonyl (C=O) groups excluding carboxylic acids is 2. The number of ether oxygens (including phenoxy) is 1. The van der Waals surface area contributed by atoms with Crippen molar-refractivity contribution in [1.29, 1.82) is 0 Å². The quantitative estimate of drug-likeness (QED) is 0.412. The van der Waals surface area contributed by atoms with Crippen LogP contribution < -0.4 is 15.5 Å². The SMILES string of the molecule is Cc1cc(NC(=O)c2[nH]ccc(=O)c2O)cc(C)c1OC(=O)c1ccc(C(F)(F)F)cc1. The summed E-state index contributed by atoms with van der Waals surface area (Å²) >= 11 is 0. The van der Waals surface area contributed by atoms with Crippen molar-refractivity contribution in [2.75, 3.05) is 5.32 Å². The fraction of sp³-hybridized carbons (Fsp3) is 0.136. The Balaban J connectivity index is 1.78. The largest absolute Gasteiger partial charge is 0.503 e. The first-order valence-electron chi connectivity index (χ1n) is 9.20. The van der Waals surface area contributed by atoms with Crippen LogP contribution >= 0.6 is 0 Å². The van der Waals surface area contributed by atoms with E-state index in [4.69, 9.17) is 4.74 Å². The first kappa shape index (κ1) is 22.6. The smallest absolute Gasteiger partial charge is 0.416 e. The summed E-state index contributed by atoms with van der Waals surface area (Å²) in [6.45, 7) is 3.22. The van der Waals surface area contributed by atoms with Gasteiger partial charge in [0, 0.05) is 18.0 Å². The maximum atomic E-state index is 12.7. The number of anilines is 1. The Labute approximate surface area is 179 Å². The number of aromatic amines is 1. The molecule has 3 rings (SSSR count). The number of nitrogens with one attached hydrogen (secondary N) is 2. The third kappa shape index (κ3) is 4.80. The number of hydrogen-bond donors (Lipinski definition) is 3. The number of esters is 1. The van der Waals surface area contributed by atoms with Crippen LogP contribution in [0.25, 0.3) is 0 Å². The Kier molecular flexibility index (Phi) is 6.06. The van der Waals surface area contributed by atoms with Gasteiger partial charge in [0.2, 0.25) is 5.43 Å². The number of amides is 1. The van der Waals surface area contributed by atoms with Gasteiger partial charge in [0.15, 0.2) is 11.4 Å². The molecule has 0 fully saturated rings. The second-order valence-electron chi connectivity index (χ2n) is 6.92. The van der Waals surface area contributed by atoms with Gasteiger partial charge in [0.25, 0.3) is 5.91 Å². The summed E-state index contributed by atoms with van der Waals surface area (Å²) in [5.74, 6) is -2.13. The van der Waals surface area contributed by atoms with Gasteiger partial charge in [0.05, 0.1) is 11.1 Å². The number of aryl methyl sites for hydroxylation is 2. The van der Waals surface area contributed by atoms with Crippen LogP contribution in [0.2, 0.25) is 0 Å². The highest BCUT2D eigenvalue weighted by Gasteiger charge is 2.30.